The van der Waals surface area contributed by atoms with Crippen LogP contribution in [0.4, 0.5) is 4.79 Å². The summed E-state index contributed by atoms with van der Waals surface area (Å²) in [5.41, 5.74) is -0.912. The third kappa shape index (κ3) is 5.24. The lowest BCUT2D eigenvalue weighted by molar-refractivity contribution is 0.0165. The van der Waals surface area contributed by atoms with Gasteiger partial charge in [0.1, 0.15) is 5.76 Å². The molecular formula is C18H31N3O3. The SMILES string of the molecule is CC(C)C(C)(O)CNC(=O)NCC(c1ccco1)N1CCCCC1. The van der Waals surface area contributed by atoms with Crippen molar-refractivity contribution in [1.29, 1.82) is 0 Å². The van der Waals surface area contributed by atoms with Crippen LogP contribution in [0.5, 0.6) is 0 Å². The summed E-state index contributed by atoms with van der Waals surface area (Å²) in [5, 5.41) is 15.9. The highest BCUT2D eigenvalue weighted by Crippen LogP contribution is 2.24. The molecule has 0 saturated carbocycles. The molecule has 24 heavy (non-hydrogen) atoms. The molecular weight excluding hydrogens is 306 g/mol. The van der Waals surface area contributed by atoms with Gasteiger partial charge in [0, 0.05) is 13.1 Å². The summed E-state index contributed by atoms with van der Waals surface area (Å²) in [5.74, 6) is 0.952. The summed E-state index contributed by atoms with van der Waals surface area (Å²) < 4.78 is 5.57. The van der Waals surface area contributed by atoms with Crippen molar-refractivity contribution in [3.8, 4) is 0 Å². The van der Waals surface area contributed by atoms with Crippen LogP contribution in [0.2, 0.25) is 0 Å². The van der Waals surface area contributed by atoms with Crippen molar-refractivity contribution < 1.29 is 14.3 Å². The molecule has 6 heteroatoms. The minimum Gasteiger partial charge on any atom is -0.468 e. The van der Waals surface area contributed by atoms with Crippen LogP contribution in [-0.4, -0.2) is 47.8 Å². The summed E-state index contributed by atoms with van der Waals surface area (Å²) in [7, 11) is 0. The number of urea groups is 1. The molecule has 1 fully saturated rings. The van der Waals surface area contributed by atoms with E-state index in [-0.39, 0.29) is 24.5 Å². The van der Waals surface area contributed by atoms with Crippen LogP contribution in [0.25, 0.3) is 0 Å². The van der Waals surface area contributed by atoms with Gasteiger partial charge in [-0.2, -0.15) is 0 Å². The Morgan fingerprint density at radius 3 is 2.62 bits per heavy atom. The van der Waals surface area contributed by atoms with Gasteiger partial charge < -0.3 is 20.2 Å². The van der Waals surface area contributed by atoms with Gasteiger partial charge in [-0.1, -0.05) is 20.3 Å². The van der Waals surface area contributed by atoms with Crippen molar-refractivity contribution in [3.63, 3.8) is 0 Å². The maximum absolute atomic E-state index is 12.1. The fourth-order valence-electron chi connectivity index (χ4n) is 2.84. The van der Waals surface area contributed by atoms with E-state index in [1.54, 1.807) is 13.2 Å². The zero-order valence-electron chi connectivity index (χ0n) is 15.0. The summed E-state index contributed by atoms with van der Waals surface area (Å²) >= 11 is 0. The first-order valence-corrected chi connectivity index (χ1v) is 8.91. The standard InChI is InChI=1S/C18H31N3O3/c1-14(2)18(3,23)13-20-17(22)19-12-15(16-8-7-11-24-16)21-9-5-4-6-10-21/h7-8,11,14-15,23H,4-6,9-10,12-13H2,1-3H3,(H2,19,20,22). The van der Waals surface area contributed by atoms with Gasteiger partial charge in [0.05, 0.1) is 17.9 Å². The van der Waals surface area contributed by atoms with Crippen molar-refractivity contribution >= 4 is 6.03 Å². The predicted molar refractivity (Wildman–Crippen MR) is 93.7 cm³/mol. The second-order valence-corrected chi connectivity index (χ2v) is 7.20. The lowest BCUT2D eigenvalue weighted by Gasteiger charge is -2.33. The minimum atomic E-state index is -0.912. The summed E-state index contributed by atoms with van der Waals surface area (Å²) in [6.07, 6.45) is 5.30. The van der Waals surface area contributed by atoms with Gasteiger partial charge in [-0.15, -0.1) is 0 Å². The zero-order chi connectivity index (χ0) is 17.6. The first-order chi connectivity index (χ1) is 11.4. The van der Waals surface area contributed by atoms with Gasteiger partial charge in [-0.3, -0.25) is 4.90 Å². The van der Waals surface area contributed by atoms with E-state index in [1.165, 1.54) is 19.3 Å². The summed E-state index contributed by atoms with van der Waals surface area (Å²) in [6.45, 7) is 8.37. The van der Waals surface area contributed by atoms with Gasteiger partial charge in [0.25, 0.3) is 0 Å². The van der Waals surface area contributed by atoms with E-state index in [0.717, 1.165) is 18.8 Å². The molecule has 136 valence electrons. The van der Waals surface area contributed by atoms with E-state index in [9.17, 15) is 9.90 Å². The molecule has 1 aliphatic heterocycles. The molecule has 1 aromatic rings. The predicted octanol–water partition coefficient (Wildman–Crippen LogP) is 2.51. The number of carbonyl (C=O) groups is 1. The summed E-state index contributed by atoms with van der Waals surface area (Å²) in [4.78, 5) is 14.5. The number of likely N-dealkylation sites (tertiary alicyclic amines) is 1. The van der Waals surface area contributed by atoms with Gasteiger partial charge in [0.15, 0.2) is 0 Å². The number of aliphatic hydroxyl groups is 1. The van der Waals surface area contributed by atoms with Gasteiger partial charge in [-0.25, -0.2) is 4.79 Å². The average Bonchev–Trinajstić information content (AvgIpc) is 3.08. The van der Waals surface area contributed by atoms with Gasteiger partial charge >= 0.3 is 6.03 Å². The highest BCUT2D eigenvalue weighted by molar-refractivity contribution is 5.73. The van der Waals surface area contributed by atoms with Crippen LogP contribution < -0.4 is 10.6 Å². The number of hydrogen-bond donors (Lipinski definition) is 3. The number of furan rings is 1. The normalized spacial score (nSPS) is 19.7. The number of carbonyl (C=O) groups excluding carboxylic acids is 1. The molecule has 6 nitrogen and oxygen atoms in total. The van der Waals surface area contributed by atoms with Crippen LogP contribution in [0.15, 0.2) is 22.8 Å². The van der Waals surface area contributed by atoms with Crippen molar-refractivity contribution in [2.45, 2.75) is 51.7 Å². The Labute approximate surface area is 144 Å². The van der Waals surface area contributed by atoms with Crippen LogP contribution in [0.1, 0.15) is 51.8 Å². The lowest BCUT2D eigenvalue weighted by atomic mass is 9.93. The first-order valence-electron chi connectivity index (χ1n) is 8.91. The molecule has 0 radical (unpaired) electrons. The van der Waals surface area contributed by atoms with Crippen molar-refractivity contribution in [2.24, 2.45) is 5.92 Å². The van der Waals surface area contributed by atoms with Crippen molar-refractivity contribution in [2.75, 3.05) is 26.2 Å². The molecule has 2 atom stereocenters. The van der Waals surface area contributed by atoms with Gasteiger partial charge in [0.2, 0.25) is 0 Å². The average molecular weight is 337 g/mol. The molecule has 0 aromatic carbocycles. The second kappa shape index (κ2) is 8.53. The Hall–Kier alpha value is -1.53. The Kier molecular flexibility index (Phi) is 6.69. The molecule has 2 heterocycles. The molecule has 1 aliphatic rings. The molecule has 2 rings (SSSR count). The molecule has 0 spiro atoms. The Bertz CT molecular complexity index is 494. The summed E-state index contributed by atoms with van der Waals surface area (Å²) in [6, 6.07) is 3.63. The largest absolute Gasteiger partial charge is 0.468 e. The van der Waals surface area contributed by atoms with E-state index in [0.29, 0.717) is 6.54 Å². The number of hydrogen-bond acceptors (Lipinski definition) is 4. The van der Waals surface area contributed by atoms with Gasteiger partial charge in [-0.05, 0) is 50.9 Å². The number of nitrogens with zero attached hydrogens (tertiary/aromatic N) is 1. The number of piperidine rings is 1. The number of rotatable bonds is 7. The highest BCUT2D eigenvalue weighted by atomic mass is 16.3. The third-order valence-electron chi connectivity index (χ3n) is 5.01. The van der Waals surface area contributed by atoms with Crippen LogP contribution in [-0.2, 0) is 0 Å². The van der Waals surface area contributed by atoms with Crippen LogP contribution in [0.3, 0.4) is 0 Å². The van der Waals surface area contributed by atoms with Crippen LogP contribution >= 0.6 is 0 Å². The fourth-order valence-corrected chi connectivity index (χ4v) is 2.84. The Balaban J connectivity index is 1.87. The maximum atomic E-state index is 12.1. The Morgan fingerprint density at radius 2 is 2.04 bits per heavy atom. The van der Waals surface area contributed by atoms with E-state index < -0.39 is 5.60 Å². The molecule has 2 amide bonds. The van der Waals surface area contributed by atoms with E-state index >= 15 is 0 Å². The third-order valence-corrected chi connectivity index (χ3v) is 5.01. The quantitative estimate of drug-likeness (QED) is 0.714. The topological polar surface area (TPSA) is 77.7 Å². The molecule has 0 aliphatic carbocycles. The number of nitrogens with one attached hydrogen (secondary N) is 2. The van der Waals surface area contributed by atoms with Crippen molar-refractivity contribution in [1.82, 2.24) is 15.5 Å². The van der Waals surface area contributed by atoms with E-state index in [2.05, 4.69) is 15.5 Å². The lowest BCUT2D eigenvalue weighted by Crippen LogP contribution is -2.49. The molecule has 0 bridgehead atoms. The van der Waals surface area contributed by atoms with Crippen molar-refractivity contribution in [3.05, 3.63) is 24.2 Å². The zero-order valence-corrected chi connectivity index (χ0v) is 15.0. The monoisotopic (exact) mass is 337 g/mol. The molecule has 2 unspecified atom stereocenters. The maximum Gasteiger partial charge on any atom is 0.314 e. The molecule has 1 aromatic heterocycles. The van der Waals surface area contributed by atoms with E-state index in [1.807, 2.05) is 26.0 Å². The first kappa shape index (κ1) is 18.8. The minimum absolute atomic E-state index is 0.0525. The molecule has 1 saturated heterocycles. The second-order valence-electron chi connectivity index (χ2n) is 7.20. The van der Waals surface area contributed by atoms with Crippen LogP contribution in [0, 0.1) is 5.92 Å². The fraction of sp³-hybridized carbons (Fsp3) is 0.722. The number of amides is 2. The highest BCUT2D eigenvalue weighted by Gasteiger charge is 2.27. The smallest absolute Gasteiger partial charge is 0.314 e. The molecule has 3 N–H and O–H groups in total. The van der Waals surface area contributed by atoms with E-state index in [4.69, 9.17) is 4.42 Å². The Morgan fingerprint density at radius 1 is 1.33 bits per heavy atom.